The molecule has 0 saturated heterocycles. The SMILES string of the molecule is C=C(C)COCCNCc1ccc(SC)cc1. The van der Waals surface area contributed by atoms with E-state index in [-0.39, 0.29) is 0 Å². The Morgan fingerprint density at radius 1 is 1.35 bits per heavy atom. The number of nitrogens with one attached hydrogen (secondary N) is 1. The molecule has 0 heterocycles. The summed E-state index contributed by atoms with van der Waals surface area (Å²) in [4.78, 5) is 1.30. The van der Waals surface area contributed by atoms with E-state index in [0.717, 1.165) is 25.3 Å². The van der Waals surface area contributed by atoms with Crippen molar-refractivity contribution in [1.29, 1.82) is 0 Å². The van der Waals surface area contributed by atoms with Gasteiger partial charge in [0.15, 0.2) is 0 Å². The van der Waals surface area contributed by atoms with Crippen molar-refractivity contribution < 1.29 is 4.74 Å². The van der Waals surface area contributed by atoms with Gasteiger partial charge >= 0.3 is 0 Å². The molecule has 0 atom stereocenters. The minimum Gasteiger partial charge on any atom is -0.376 e. The van der Waals surface area contributed by atoms with Crippen LogP contribution < -0.4 is 5.32 Å². The molecule has 0 amide bonds. The molecule has 0 aliphatic rings. The molecule has 0 bridgehead atoms. The summed E-state index contributed by atoms with van der Waals surface area (Å²) in [7, 11) is 0. The number of hydrogen-bond acceptors (Lipinski definition) is 3. The molecule has 2 nitrogen and oxygen atoms in total. The van der Waals surface area contributed by atoms with E-state index >= 15 is 0 Å². The zero-order valence-corrected chi connectivity index (χ0v) is 11.5. The minimum atomic E-state index is 0.657. The smallest absolute Gasteiger partial charge is 0.0672 e. The van der Waals surface area contributed by atoms with Crippen LogP contribution in [0, 0.1) is 0 Å². The summed E-state index contributed by atoms with van der Waals surface area (Å²) in [6.07, 6.45) is 2.09. The fraction of sp³-hybridized carbons (Fsp3) is 0.429. The first-order chi connectivity index (χ1) is 8.22. The summed E-state index contributed by atoms with van der Waals surface area (Å²) >= 11 is 1.77. The highest BCUT2D eigenvalue weighted by atomic mass is 32.2. The highest BCUT2D eigenvalue weighted by molar-refractivity contribution is 7.98. The van der Waals surface area contributed by atoms with Gasteiger partial charge in [-0.2, -0.15) is 0 Å². The van der Waals surface area contributed by atoms with Crippen molar-refractivity contribution in [3.8, 4) is 0 Å². The van der Waals surface area contributed by atoms with E-state index in [4.69, 9.17) is 4.74 Å². The van der Waals surface area contributed by atoms with Gasteiger partial charge in [0.25, 0.3) is 0 Å². The fourth-order valence-electron chi connectivity index (χ4n) is 1.37. The standard InChI is InChI=1S/C14H21NOS/c1-12(2)11-16-9-8-15-10-13-4-6-14(17-3)7-5-13/h4-7,15H,1,8-11H2,2-3H3. The Morgan fingerprint density at radius 2 is 2.06 bits per heavy atom. The lowest BCUT2D eigenvalue weighted by Crippen LogP contribution is -2.19. The van der Waals surface area contributed by atoms with Gasteiger partial charge in [-0.25, -0.2) is 0 Å². The second-order valence-corrected chi connectivity index (χ2v) is 4.91. The third-order valence-corrected chi connectivity index (χ3v) is 3.00. The van der Waals surface area contributed by atoms with Crippen LogP contribution in [0.2, 0.25) is 0 Å². The Hall–Kier alpha value is -0.770. The summed E-state index contributed by atoms with van der Waals surface area (Å²) < 4.78 is 5.40. The molecule has 1 aromatic carbocycles. The van der Waals surface area contributed by atoms with Crippen molar-refractivity contribution in [3.05, 3.63) is 42.0 Å². The second-order valence-electron chi connectivity index (χ2n) is 4.03. The largest absolute Gasteiger partial charge is 0.376 e. The second kappa shape index (κ2) is 8.34. The predicted octanol–water partition coefficient (Wildman–Crippen LogP) is 3.09. The molecular weight excluding hydrogens is 230 g/mol. The Balaban J connectivity index is 2.11. The molecule has 1 N–H and O–H groups in total. The molecule has 0 aliphatic carbocycles. The topological polar surface area (TPSA) is 21.3 Å². The van der Waals surface area contributed by atoms with Crippen LogP contribution in [0.4, 0.5) is 0 Å². The monoisotopic (exact) mass is 251 g/mol. The van der Waals surface area contributed by atoms with Gasteiger partial charge in [-0.15, -0.1) is 11.8 Å². The molecule has 0 unspecified atom stereocenters. The van der Waals surface area contributed by atoms with E-state index in [0.29, 0.717) is 6.61 Å². The first-order valence-corrected chi connectivity index (χ1v) is 7.00. The van der Waals surface area contributed by atoms with Gasteiger partial charge in [-0.1, -0.05) is 24.3 Å². The van der Waals surface area contributed by atoms with Crippen LogP contribution >= 0.6 is 11.8 Å². The Morgan fingerprint density at radius 3 is 2.65 bits per heavy atom. The van der Waals surface area contributed by atoms with Crippen LogP contribution in [0.15, 0.2) is 41.3 Å². The number of rotatable bonds is 8. The van der Waals surface area contributed by atoms with Crippen LogP contribution in [-0.4, -0.2) is 26.0 Å². The fourth-order valence-corrected chi connectivity index (χ4v) is 1.78. The highest BCUT2D eigenvalue weighted by Gasteiger charge is 1.94. The van der Waals surface area contributed by atoms with E-state index in [9.17, 15) is 0 Å². The van der Waals surface area contributed by atoms with Crippen LogP contribution in [0.3, 0.4) is 0 Å². The summed E-state index contributed by atoms with van der Waals surface area (Å²) in [5.74, 6) is 0. The summed E-state index contributed by atoms with van der Waals surface area (Å²) in [6.45, 7) is 8.92. The maximum absolute atomic E-state index is 5.40. The molecule has 0 fully saturated rings. The van der Waals surface area contributed by atoms with Gasteiger partial charge in [-0.3, -0.25) is 0 Å². The normalized spacial score (nSPS) is 10.5. The lowest BCUT2D eigenvalue weighted by Gasteiger charge is -2.06. The Labute approximate surface area is 108 Å². The molecule has 94 valence electrons. The molecule has 17 heavy (non-hydrogen) atoms. The van der Waals surface area contributed by atoms with Crippen LogP contribution in [-0.2, 0) is 11.3 Å². The van der Waals surface area contributed by atoms with E-state index < -0.39 is 0 Å². The van der Waals surface area contributed by atoms with E-state index in [2.05, 4.69) is 42.4 Å². The van der Waals surface area contributed by atoms with Crippen LogP contribution in [0.1, 0.15) is 12.5 Å². The van der Waals surface area contributed by atoms with Crippen molar-refractivity contribution in [2.45, 2.75) is 18.4 Å². The van der Waals surface area contributed by atoms with E-state index in [1.165, 1.54) is 10.5 Å². The molecule has 0 spiro atoms. The van der Waals surface area contributed by atoms with Crippen molar-refractivity contribution in [1.82, 2.24) is 5.32 Å². The van der Waals surface area contributed by atoms with Gasteiger partial charge in [0.05, 0.1) is 13.2 Å². The first-order valence-electron chi connectivity index (χ1n) is 5.78. The Bertz CT molecular complexity index is 335. The van der Waals surface area contributed by atoms with Crippen molar-refractivity contribution in [2.75, 3.05) is 26.0 Å². The van der Waals surface area contributed by atoms with Crippen molar-refractivity contribution >= 4 is 11.8 Å². The van der Waals surface area contributed by atoms with Crippen LogP contribution in [0.5, 0.6) is 0 Å². The number of benzene rings is 1. The lowest BCUT2D eigenvalue weighted by atomic mass is 10.2. The lowest BCUT2D eigenvalue weighted by molar-refractivity contribution is 0.158. The zero-order valence-electron chi connectivity index (χ0n) is 10.7. The van der Waals surface area contributed by atoms with Gasteiger partial charge in [0.1, 0.15) is 0 Å². The predicted molar refractivity (Wildman–Crippen MR) is 75.6 cm³/mol. The molecule has 0 saturated carbocycles. The molecule has 3 heteroatoms. The third kappa shape index (κ3) is 6.51. The molecular formula is C14H21NOS. The third-order valence-electron chi connectivity index (χ3n) is 2.26. The summed E-state index contributed by atoms with van der Waals surface area (Å²) in [5.41, 5.74) is 2.38. The average Bonchev–Trinajstić information content (AvgIpc) is 2.34. The van der Waals surface area contributed by atoms with E-state index in [1.54, 1.807) is 11.8 Å². The zero-order chi connectivity index (χ0) is 12.5. The maximum atomic E-state index is 5.40. The molecule has 0 radical (unpaired) electrons. The number of ether oxygens (including phenoxy) is 1. The van der Waals surface area contributed by atoms with Gasteiger partial charge in [0, 0.05) is 18.0 Å². The Kier molecular flexibility index (Phi) is 7.01. The number of thioether (sulfide) groups is 1. The average molecular weight is 251 g/mol. The molecule has 0 aliphatic heterocycles. The minimum absolute atomic E-state index is 0.657. The van der Waals surface area contributed by atoms with Crippen molar-refractivity contribution in [2.24, 2.45) is 0 Å². The van der Waals surface area contributed by atoms with Gasteiger partial charge in [0.2, 0.25) is 0 Å². The molecule has 1 rings (SSSR count). The highest BCUT2D eigenvalue weighted by Crippen LogP contribution is 2.14. The van der Waals surface area contributed by atoms with Gasteiger partial charge < -0.3 is 10.1 Å². The summed E-state index contributed by atoms with van der Waals surface area (Å²) in [6, 6.07) is 8.62. The van der Waals surface area contributed by atoms with E-state index in [1.807, 2.05) is 6.92 Å². The van der Waals surface area contributed by atoms with Crippen molar-refractivity contribution in [3.63, 3.8) is 0 Å². The maximum Gasteiger partial charge on any atom is 0.0672 e. The quantitative estimate of drug-likeness (QED) is 0.436. The van der Waals surface area contributed by atoms with Crippen LogP contribution in [0.25, 0.3) is 0 Å². The molecule has 0 aromatic heterocycles. The first kappa shape index (κ1) is 14.3. The van der Waals surface area contributed by atoms with Gasteiger partial charge in [-0.05, 0) is 30.9 Å². The summed E-state index contributed by atoms with van der Waals surface area (Å²) in [5, 5.41) is 3.35. The molecule has 1 aromatic rings. The number of hydrogen-bond donors (Lipinski definition) is 1.